The second-order valence-electron chi connectivity index (χ2n) is 3.65. The largest absolute Gasteiger partial charge is 0.396 e. The summed E-state index contributed by atoms with van der Waals surface area (Å²) in [5.74, 6) is 0. The molecule has 0 aliphatic rings. The summed E-state index contributed by atoms with van der Waals surface area (Å²) in [7, 11) is 0. The van der Waals surface area contributed by atoms with Gasteiger partial charge < -0.3 is 5.11 Å². The van der Waals surface area contributed by atoms with E-state index < -0.39 is 0 Å². The van der Waals surface area contributed by atoms with Crippen molar-refractivity contribution in [2.45, 2.75) is 19.9 Å². The second kappa shape index (κ2) is 7.13. The Morgan fingerprint density at radius 1 is 1.25 bits per heavy atom. The first-order chi connectivity index (χ1) is 7.69. The molecule has 0 atom stereocenters. The third-order valence-electron chi connectivity index (χ3n) is 2.52. The summed E-state index contributed by atoms with van der Waals surface area (Å²) in [6.07, 6.45) is 0.774. The van der Waals surface area contributed by atoms with Crippen LogP contribution >= 0.6 is 23.2 Å². The Morgan fingerprint density at radius 2 is 1.88 bits per heavy atom. The highest BCUT2D eigenvalue weighted by Gasteiger charge is 2.09. The normalized spacial score (nSPS) is 11.1. The quantitative estimate of drug-likeness (QED) is 0.851. The zero-order valence-electron chi connectivity index (χ0n) is 9.42. The van der Waals surface area contributed by atoms with Crippen LogP contribution in [-0.2, 0) is 6.54 Å². The van der Waals surface area contributed by atoms with Gasteiger partial charge in [0.25, 0.3) is 0 Å². The fourth-order valence-corrected chi connectivity index (χ4v) is 2.07. The third kappa shape index (κ3) is 3.95. The van der Waals surface area contributed by atoms with Gasteiger partial charge in [-0.3, -0.25) is 4.90 Å². The van der Waals surface area contributed by atoms with Crippen LogP contribution in [0.1, 0.15) is 18.9 Å². The van der Waals surface area contributed by atoms with Gasteiger partial charge in [0.1, 0.15) is 0 Å². The average Bonchev–Trinajstić information content (AvgIpc) is 2.28. The van der Waals surface area contributed by atoms with Gasteiger partial charge >= 0.3 is 0 Å². The van der Waals surface area contributed by atoms with Gasteiger partial charge in [0.05, 0.1) is 0 Å². The Kier molecular flexibility index (Phi) is 6.14. The summed E-state index contributed by atoms with van der Waals surface area (Å²) >= 11 is 12.2. The van der Waals surface area contributed by atoms with Crippen molar-refractivity contribution in [2.75, 3.05) is 19.7 Å². The number of halogens is 2. The summed E-state index contributed by atoms with van der Waals surface area (Å²) in [4.78, 5) is 2.21. The summed E-state index contributed by atoms with van der Waals surface area (Å²) < 4.78 is 0. The lowest BCUT2D eigenvalue weighted by atomic mass is 10.2. The molecular weight excluding hydrogens is 245 g/mol. The Balaban J connectivity index is 2.69. The highest BCUT2D eigenvalue weighted by atomic mass is 35.5. The van der Waals surface area contributed by atoms with Gasteiger partial charge in [-0.25, -0.2) is 0 Å². The SMILES string of the molecule is CCN(CCCO)Cc1c(Cl)cccc1Cl. The minimum Gasteiger partial charge on any atom is -0.396 e. The van der Waals surface area contributed by atoms with Crippen LogP contribution in [0.3, 0.4) is 0 Å². The van der Waals surface area contributed by atoms with E-state index in [1.807, 2.05) is 18.2 Å². The maximum Gasteiger partial charge on any atom is 0.0465 e. The molecule has 1 rings (SSSR count). The van der Waals surface area contributed by atoms with Gasteiger partial charge in [0.2, 0.25) is 0 Å². The van der Waals surface area contributed by atoms with Crippen molar-refractivity contribution < 1.29 is 5.11 Å². The molecule has 0 bridgehead atoms. The highest BCUT2D eigenvalue weighted by molar-refractivity contribution is 6.35. The zero-order valence-corrected chi connectivity index (χ0v) is 10.9. The topological polar surface area (TPSA) is 23.5 Å². The van der Waals surface area contributed by atoms with Crippen molar-refractivity contribution in [2.24, 2.45) is 0 Å². The van der Waals surface area contributed by atoms with Gasteiger partial charge in [-0.05, 0) is 25.1 Å². The van der Waals surface area contributed by atoms with Crippen molar-refractivity contribution in [3.63, 3.8) is 0 Å². The molecule has 16 heavy (non-hydrogen) atoms. The standard InChI is InChI=1S/C12H17Cl2NO/c1-2-15(7-4-8-16)9-10-11(13)5-3-6-12(10)14/h3,5-6,16H,2,4,7-9H2,1H3. The van der Waals surface area contributed by atoms with Crippen molar-refractivity contribution in [3.05, 3.63) is 33.8 Å². The number of aliphatic hydroxyl groups is 1. The number of benzene rings is 1. The smallest absolute Gasteiger partial charge is 0.0465 e. The molecule has 1 aromatic carbocycles. The van der Waals surface area contributed by atoms with Crippen LogP contribution in [0.15, 0.2) is 18.2 Å². The zero-order chi connectivity index (χ0) is 12.0. The van der Waals surface area contributed by atoms with Crippen LogP contribution in [0, 0.1) is 0 Å². The average molecular weight is 262 g/mol. The molecule has 4 heteroatoms. The summed E-state index contributed by atoms with van der Waals surface area (Å²) in [6.45, 7) is 4.81. The Morgan fingerprint density at radius 3 is 2.38 bits per heavy atom. The van der Waals surface area contributed by atoms with E-state index in [2.05, 4.69) is 11.8 Å². The monoisotopic (exact) mass is 261 g/mol. The molecule has 0 aliphatic carbocycles. The lowest BCUT2D eigenvalue weighted by Crippen LogP contribution is -2.25. The third-order valence-corrected chi connectivity index (χ3v) is 3.23. The first kappa shape index (κ1) is 13.8. The van der Waals surface area contributed by atoms with E-state index in [0.717, 1.165) is 31.6 Å². The molecule has 0 unspecified atom stereocenters. The second-order valence-corrected chi connectivity index (χ2v) is 4.46. The van der Waals surface area contributed by atoms with E-state index in [-0.39, 0.29) is 6.61 Å². The van der Waals surface area contributed by atoms with Gasteiger partial charge in [0.15, 0.2) is 0 Å². The highest BCUT2D eigenvalue weighted by Crippen LogP contribution is 2.25. The van der Waals surface area contributed by atoms with Crippen LogP contribution in [0.2, 0.25) is 10.0 Å². The first-order valence-corrected chi connectivity index (χ1v) is 6.20. The van der Waals surface area contributed by atoms with E-state index in [4.69, 9.17) is 28.3 Å². The van der Waals surface area contributed by atoms with Crippen LogP contribution in [0.5, 0.6) is 0 Å². The van der Waals surface area contributed by atoms with Crippen LogP contribution in [0.25, 0.3) is 0 Å². The molecule has 0 heterocycles. The van der Waals surface area contributed by atoms with Crippen LogP contribution in [-0.4, -0.2) is 29.7 Å². The van der Waals surface area contributed by atoms with Crippen molar-refractivity contribution >= 4 is 23.2 Å². The fourth-order valence-electron chi connectivity index (χ4n) is 1.55. The van der Waals surface area contributed by atoms with E-state index in [1.54, 1.807) is 0 Å². The first-order valence-electron chi connectivity index (χ1n) is 5.45. The lowest BCUT2D eigenvalue weighted by molar-refractivity contribution is 0.225. The van der Waals surface area contributed by atoms with Crippen molar-refractivity contribution in [1.82, 2.24) is 4.90 Å². The molecule has 0 radical (unpaired) electrons. The van der Waals surface area contributed by atoms with E-state index in [0.29, 0.717) is 10.0 Å². The van der Waals surface area contributed by atoms with Crippen molar-refractivity contribution in [3.8, 4) is 0 Å². The minimum atomic E-state index is 0.215. The Hall–Kier alpha value is -0.280. The fraction of sp³-hybridized carbons (Fsp3) is 0.500. The Bertz CT molecular complexity index is 311. The van der Waals surface area contributed by atoms with Crippen molar-refractivity contribution in [1.29, 1.82) is 0 Å². The number of aliphatic hydroxyl groups excluding tert-OH is 1. The molecule has 0 amide bonds. The molecule has 0 fully saturated rings. The molecule has 0 aliphatic heterocycles. The minimum absolute atomic E-state index is 0.215. The summed E-state index contributed by atoms with van der Waals surface area (Å²) in [5.41, 5.74) is 0.964. The number of hydrogen-bond donors (Lipinski definition) is 1. The molecule has 0 aromatic heterocycles. The number of nitrogens with zero attached hydrogens (tertiary/aromatic N) is 1. The lowest BCUT2D eigenvalue weighted by Gasteiger charge is -2.21. The summed E-state index contributed by atoms with van der Waals surface area (Å²) in [6, 6.07) is 5.55. The van der Waals surface area contributed by atoms with Gasteiger partial charge in [0, 0.05) is 35.3 Å². The molecule has 1 N–H and O–H groups in total. The Labute approximate surface area is 107 Å². The van der Waals surface area contributed by atoms with E-state index >= 15 is 0 Å². The molecular formula is C12H17Cl2NO. The van der Waals surface area contributed by atoms with Gasteiger partial charge in [-0.2, -0.15) is 0 Å². The van der Waals surface area contributed by atoms with E-state index in [9.17, 15) is 0 Å². The van der Waals surface area contributed by atoms with Crippen LogP contribution < -0.4 is 0 Å². The maximum atomic E-state index is 8.81. The molecule has 0 saturated carbocycles. The molecule has 1 aromatic rings. The maximum absolute atomic E-state index is 8.81. The van der Waals surface area contributed by atoms with Gasteiger partial charge in [-0.15, -0.1) is 0 Å². The molecule has 2 nitrogen and oxygen atoms in total. The summed E-state index contributed by atoms with van der Waals surface area (Å²) in [5, 5.41) is 10.2. The number of rotatable bonds is 6. The van der Waals surface area contributed by atoms with E-state index in [1.165, 1.54) is 0 Å². The van der Waals surface area contributed by atoms with Gasteiger partial charge in [-0.1, -0.05) is 36.2 Å². The predicted molar refractivity (Wildman–Crippen MR) is 69.1 cm³/mol. The molecule has 0 spiro atoms. The molecule has 90 valence electrons. The predicted octanol–water partition coefficient (Wildman–Crippen LogP) is 3.20. The number of hydrogen-bond acceptors (Lipinski definition) is 2. The van der Waals surface area contributed by atoms with Crippen LogP contribution in [0.4, 0.5) is 0 Å². The molecule has 0 saturated heterocycles.